The van der Waals surface area contributed by atoms with E-state index in [4.69, 9.17) is 33.7 Å². The summed E-state index contributed by atoms with van der Waals surface area (Å²) in [6, 6.07) is 13.1. The molecule has 1 unspecified atom stereocenters. The van der Waals surface area contributed by atoms with Gasteiger partial charge in [-0.15, -0.1) is 0 Å². The summed E-state index contributed by atoms with van der Waals surface area (Å²) in [7, 11) is 0. The minimum Gasteiger partial charge on any atom is -0.457 e. The van der Waals surface area contributed by atoms with Crippen LogP contribution >= 0.6 is 23.2 Å². The Labute approximate surface area is 123 Å². The Balaban J connectivity index is 2.25. The maximum atomic E-state index is 5.97. The number of benzene rings is 2. The van der Waals surface area contributed by atoms with Gasteiger partial charge in [0, 0.05) is 12.1 Å². The van der Waals surface area contributed by atoms with Crippen LogP contribution in [0.3, 0.4) is 0 Å². The number of hydrogen-bond acceptors (Lipinski definition) is 2. The Kier molecular flexibility index (Phi) is 4.70. The van der Waals surface area contributed by atoms with E-state index in [1.165, 1.54) is 0 Å². The van der Waals surface area contributed by atoms with E-state index in [-0.39, 0.29) is 6.04 Å². The second kappa shape index (κ2) is 6.29. The lowest BCUT2D eigenvalue weighted by atomic mass is 10.1. The molecule has 0 radical (unpaired) electrons. The number of nitrogens with two attached hydrogens (primary N) is 1. The average molecular weight is 296 g/mol. The molecule has 1 atom stereocenters. The quantitative estimate of drug-likeness (QED) is 0.889. The summed E-state index contributed by atoms with van der Waals surface area (Å²) in [6.45, 7) is 1.97. The maximum absolute atomic E-state index is 5.97. The first-order chi connectivity index (χ1) is 9.06. The summed E-state index contributed by atoms with van der Waals surface area (Å²) in [6.07, 6.45) is 0.761. The van der Waals surface area contributed by atoms with Gasteiger partial charge < -0.3 is 10.5 Å². The molecule has 4 heteroatoms. The Hall–Kier alpha value is -1.22. The van der Waals surface area contributed by atoms with Gasteiger partial charge in [0.15, 0.2) is 0 Å². The van der Waals surface area contributed by atoms with Gasteiger partial charge in [0.25, 0.3) is 0 Å². The van der Waals surface area contributed by atoms with Crippen LogP contribution in [0.15, 0.2) is 42.5 Å². The molecule has 0 aliphatic carbocycles. The molecular weight excluding hydrogens is 281 g/mol. The molecule has 2 N–H and O–H groups in total. The fourth-order valence-electron chi connectivity index (χ4n) is 1.79. The molecule has 0 spiro atoms. The van der Waals surface area contributed by atoms with Gasteiger partial charge in [-0.05, 0) is 37.1 Å². The van der Waals surface area contributed by atoms with Crippen molar-refractivity contribution in [3.05, 3.63) is 58.1 Å². The average Bonchev–Trinajstić information content (AvgIpc) is 2.36. The van der Waals surface area contributed by atoms with Gasteiger partial charge in [0.2, 0.25) is 0 Å². The molecule has 0 heterocycles. The third-order valence-corrected chi connectivity index (χ3v) is 3.37. The molecule has 0 aliphatic rings. The van der Waals surface area contributed by atoms with Gasteiger partial charge >= 0.3 is 0 Å². The van der Waals surface area contributed by atoms with Crippen LogP contribution in [-0.2, 0) is 6.42 Å². The van der Waals surface area contributed by atoms with Crippen molar-refractivity contribution in [2.45, 2.75) is 19.4 Å². The standard InChI is InChI=1S/C15H15Cl2NO/c1-10(18)8-11-4-2-3-5-15(11)19-12-6-7-13(16)14(17)9-12/h2-7,9-10H,8,18H2,1H3. The Bertz CT molecular complexity index is 570. The van der Waals surface area contributed by atoms with Crippen molar-refractivity contribution in [1.29, 1.82) is 0 Å². The van der Waals surface area contributed by atoms with Gasteiger partial charge in [0.05, 0.1) is 10.0 Å². The smallest absolute Gasteiger partial charge is 0.130 e. The van der Waals surface area contributed by atoms with E-state index in [1.54, 1.807) is 18.2 Å². The maximum Gasteiger partial charge on any atom is 0.130 e. The number of rotatable bonds is 4. The van der Waals surface area contributed by atoms with E-state index >= 15 is 0 Å². The lowest BCUT2D eigenvalue weighted by molar-refractivity contribution is 0.474. The van der Waals surface area contributed by atoms with Crippen molar-refractivity contribution in [3.63, 3.8) is 0 Å². The molecule has 0 fully saturated rings. The zero-order valence-electron chi connectivity index (χ0n) is 10.6. The predicted molar refractivity (Wildman–Crippen MR) is 80.3 cm³/mol. The first kappa shape index (κ1) is 14.2. The largest absolute Gasteiger partial charge is 0.457 e. The van der Waals surface area contributed by atoms with Crippen LogP contribution in [0.4, 0.5) is 0 Å². The molecule has 100 valence electrons. The zero-order chi connectivity index (χ0) is 13.8. The second-order valence-electron chi connectivity index (χ2n) is 4.47. The van der Waals surface area contributed by atoms with E-state index in [1.807, 2.05) is 31.2 Å². The third kappa shape index (κ3) is 3.87. The van der Waals surface area contributed by atoms with Crippen LogP contribution in [-0.4, -0.2) is 6.04 Å². The topological polar surface area (TPSA) is 35.2 Å². The SMILES string of the molecule is CC(N)Cc1ccccc1Oc1ccc(Cl)c(Cl)c1. The van der Waals surface area contributed by atoms with Crippen LogP contribution < -0.4 is 10.5 Å². The molecule has 0 bridgehead atoms. The Morgan fingerprint density at radius 2 is 1.84 bits per heavy atom. The molecule has 19 heavy (non-hydrogen) atoms. The van der Waals surface area contributed by atoms with Crippen molar-refractivity contribution in [1.82, 2.24) is 0 Å². The summed E-state index contributed by atoms with van der Waals surface area (Å²) in [5.41, 5.74) is 6.91. The van der Waals surface area contributed by atoms with Crippen molar-refractivity contribution < 1.29 is 4.74 Å². The molecule has 0 aliphatic heterocycles. The minimum atomic E-state index is 0.0820. The summed E-state index contributed by atoms with van der Waals surface area (Å²) < 4.78 is 5.85. The molecule has 0 amide bonds. The number of hydrogen-bond donors (Lipinski definition) is 1. The molecule has 0 saturated carbocycles. The molecule has 2 rings (SSSR count). The fourth-order valence-corrected chi connectivity index (χ4v) is 2.07. The van der Waals surface area contributed by atoms with Crippen LogP contribution in [0.2, 0.25) is 10.0 Å². The summed E-state index contributed by atoms with van der Waals surface area (Å²) in [5.74, 6) is 1.45. The highest BCUT2D eigenvalue weighted by Gasteiger charge is 2.07. The molecule has 2 nitrogen and oxygen atoms in total. The first-order valence-electron chi connectivity index (χ1n) is 6.02. The van der Waals surface area contributed by atoms with E-state index in [0.717, 1.165) is 17.7 Å². The van der Waals surface area contributed by atoms with Gasteiger partial charge in [-0.2, -0.15) is 0 Å². The van der Waals surface area contributed by atoms with Gasteiger partial charge in [-0.3, -0.25) is 0 Å². The van der Waals surface area contributed by atoms with Gasteiger partial charge in [0.1, 0.15) is 11.5 Å². The van der Waals surface area contributed by atoms with Crippen molar-refractivity contribution in [2.75, 3.05) is 0 Å². The fraction of sp³-hybridized carbons (Fsp3) is 0.200. The monoisotopic (exact) mass is 295 g/mol. The third-order valence-electron chi connectivity index (χ3n) is 2.63. The van der Waals surface area contributed by atoms with Gasteiger partial charge in [-0.1, -0.05) is 41.4 Å². The summed E-state index contributed by atoms with van der Waals surface area (Å²) >= 11 is 11.9. The molecule has 2 aromatic rings. The number of halogens is 2. The number of para-hydroxylation sites is 1. The summed E-state index contributed by atoms with van der Waals surface area (Å²) in [4.78, 5) is 0. The van der Waals surface area contributed by atoms with Crippen LogP contribution in [0.1, 0.15) is 12.5 Å². The van der Waals surface area contributed by atoms with Crippen molar-refractivity contribution in [2.24, 2.45) is 5.73 Å². The van der Waals surface area contributed by atoms with E-state index in [0.29, 0.717) is 15.8 Å². The minimum absolute atomic E-state index is 0.0820. The first-order valence-corrected chi connectivity index (χ1v) is 6.78. The predicted octanol–water partition coefficient (Wildman–Crippen LogP) is 4.68. The van der Waals surface area contributed by atoms with Gasteiger partial charge in [-0.25, -0.2) is 0 Å². The van der Waals surface area contributed by atoms with E-state index < -0.39 is 0 Å². The lowest BCUT2D eigenvalue weighted by Gasteiger charge is -2.13. The van der Waals surface area contributed by atoms with Crippen molar-refractivity contribution >= 4 is 23.2 Å². The summed E-state index contributed by atoms with van der Waals surface area (Å²) in [5, 5.41) is 0.988. The van der Waals surface area contributed by atoms with Crippen LogP contribution in [0.25, 0.3) is 0 Å². The van der Waals surface area contributed by atoms with E-state index in [9.17, 15) is 0 Å². The highest BCUT2D eigenvalue weighted by atomic mass is 35.5. The number of ether oxygens (including phenoxy) is 1. The molecule has 0 aromatic heterocycles. The van der Waals surface area contributed by atoms with Crippen LogP contribution in [0.5, 0.6) is 11.5 Å². The Morgan fingerprint density at radius 3 is 2.53 bits per heavy atom. The highest BCUT2D eigenvalue weighted by Crippen LogP contribution is 2.31. The lowest BCUT2D eigenvalue weighted by Crippen LogP contribution is -2.18. The van der Waals surface area contributed by atoms with E-state index in [2.05, 4.69) is 0 Å². The zero-order valence-corrected chi connectivity index (χ0v) is 12.1. The Morgan fingerprint density at radius 1 is 1.11 bits per heavy atom. The normalized spacial score (nSPS) is 12.2. The highest BCUT2D eigenvalue weighted by molar-refractivity contribution is 6.42. The molecule has 2 aromatic carbocycles. The van der Waals surface area contributed by atoms with Crippen molar-refractivity contribution in [3.8, 4) is 11.5 Å². The molecular formula is C15H15Cl2NO. The second-order valence-corrected chi connectivity index (χ2v) is 5.28. The van der Waals surface area contributed by atoms with Crippen LogP contribution in [0, 0.1) is 0 Å². The molecule has 0 saturated heterocycles.